The number of nitrogens with two attached hydrogens (primary N) is 1. The van der Waals surface area contributed by atoms with Crippen LogP contribution in [0.3, 0.4) is 0 Å². The summed E-state index contributed by atoms with van der Waals surface area (Å²) in [7, 11) is -3.59. The van der Waals surface area contributed by atoms with Crippen LogP contribution in [0.4, 0.5) is 0 Å². The maximum Gasteiger partial charge on any atom is 0.276 e. The highest BCUT2D eigenvalue weighted by Gasteiger charge is 2.26. The molecule has 1 atom stereocenters. The Morgan fingerprint density at radius 3 is 2.71 bits per heavy atom. The van der Waals surface area contributed by atoms with Gasteiger partial charge < -0.3 is 5.32 Å². The van der Waals surface area contributed by atoms with Gasteiger partial charge in [0.25, 0.3) is 10.2 Å². The van der Waals surface area contributed by atoms with Gasteiger partial charge in [0.2, 0.25) is 5.91 Å². The van der Waals surface area contributed by atoms with Crippen molar-refractivity contribution in [3.8, 4) is 0 Å². The van der Waals surface area contributed by atoms with Crippen molar-refractivity contribution in [1.29, 1.82) is 0 Å². The van der Waals surface area contributed by atoms with Crippen molar-refractivity contribution in [3.63, 3.8) is 0 Å². The van der Waals surface area contributed by atoms with Crippen LogP contribution in [0.5, 0.6) is 0 Å². The standard InChI is InChI=1S/C10H21N3O3S/c1-8(2)10(14)12-6-9-4-3-5-13(7-9)17(11,15)16/h8-9H,3-7H2,1-2H3,(H,12,14)(H2,11,15,16). The third kappa shape index (κ3) is 4.61. The van der Waals surface area contributed by atoms with Crippen LogP contribution >= 0.6 is 0 Å². The van der Waals surface area contributed by atoms with Crippen LogP contribution < -0.4 is 10.5 Å². The Bertz CT molecular complexity index is 367. The largest absolute Gasteiger partial charge is 0.356 e. The highest BCUT2D eigenvalue weighted by atomic mass is 32.2. The maximum atomic E-state index is 11.4. The molecule has 7 heteroatoms. The first-order valence-electron chi connectivity index (χ1n) is 5.86. The van der Waals surface area contributed by atoms with Crippen LogP contribution in [0.15, 0.2) is 0 Å². The minimum atomic E-state index is -3.59. The second-order valence-electron chi connectivity index (χ2n) is 4.81. The number of piperidine rings is 1. The fourth-order valence-electron chi connectivity index (χ4n) is 1.87. The third-order valence-electron chi connectivity index (χ3n) is 2.93. The summed E-state index contributed by atoms with van der Waals surface area (Å²) >= 11 is 0. The molecule has 0 spiro atoms. The normalized spacial score (nSPS) is 22.7. The topological polar surface area (TPSA) is 92.5 Å². The van der Waals surface area contributed by atoms with Gasteiger partial charge in [-0.1, -0.05) is 13.8 Å². The molecule has 6 nitrogen and oxygen atoms in total. The highest BCUT2D eigenvalue weighted by Crippen LogP contribution is 2.17. The zero-order valence-corrected chi connectivity index (χ0v) is 11.2. The lowest BCUT2D eigenvalue weighted by Crippen LogP contribution is -2.46. The average Bonchev–Trinajstić information content (AvgIpc) is 2.25. The zero-order chi connectivity index (χ0) is 13.1. The van der Waals surface area contributed by atoms with Crippen molar-refractivity contribution in [2.45, 2.75) is 26.7 Å². The van der Waals surface area contributed by atoms with Gasteiger partial charge in [0.1, 0.15) is 0 Å². The van der Waals surface area contributed by atoms with Crippen LogP contribution in [0.1, 0.15) is 26.7 Å². The average molecular weight is 263 g/mol. The summed E-state index contributed by atoms with van der Waals surface area (Å²) in [5, 5.41) is 7.91. The van der Waals surface area contributed by atoms with Crippen molar-refractivity contribution in [2.24, 2.45) is 17.0 Å². The second-order valence-corrected chi connectivity index (χ2v) is 6.36. The molecule has 0 aromatic heterocycles. The number of rotatable bonds is 4. The zero-order valence-electron chi connectivity index (χ0n) is 10.3. The van der Waals surface area contributed by atoms with Gasteiger partial charge in [-0.3, -0.25) is 4.79 Å². The maximum absolute atomic E-state index is 11.4. The fraction of sp³-hybridized carbons (Fsp3) is 0.900. The van der Waals surface area contributed by atoms with E-state index in [1.165, 1.54) is 4.31 Å². The molecule has 0 saturated carbocycles. The highest BCUT2D eigenvalue weighted by molar-refractivity contribution is 7.86. The van der Waals surface area contributed by atoms with Gasteiger partial charge in [-0.15, -0.1) is 0 Å². The molecule has 1 rings (SSSR count). The van der Waals surface area contributed by atoms with E-state index in [0.717, 1.165) is 12.8 Å². The molecule has 1 aliphatic rings. The van der Waals surface area contributed by atoms with E-state index in [1.807, 2.05) is 13.8 Å². The SMILES string of the molecule is CC(C)C(=O)NCC1CCCN(S(N)(=O)=O)C1. The van der Waals surface area contributed by atoms with Crippen LogP contribution in [0, 0.1) is 11.8 Å². The summed E-state index contributed by atoms with van der Waals surface area (Å²) in [5.41, 5.74) is 0. The van der Waals surface area contributed by atoms with Gasteiger partial charge in [0.05, 0.1) is 0 Å². The summed E-state index contributed by atoms with van der Waals surface area (Å²) in [6.07, 6.45) is 1.71. The van der Waals surface area contributed by atoms with Crippen LogP contribution in [0.25, 0.3) is 0 Å². The van der Waals surface area contributed by atoms with E-state index in [1.54, 1.807) is 0 Å². The van der Waals surface area contributed by atoms with Gasteiger partial charge in [-0.2, -0.15) is 12.7 Å². The van der Waals surface area contributed by atoms with Crippen molar-refractivity contribution in [3.05, 3.63) is 0 Å². The molecule has 1 heterocycles. The third-order valence-corrected chi connectivity index (χ3v) is 3.98. The number of nitrogens with zero attached hydrogens (tertiary/aromatic N) is 1. The molecular weight excluding hydrogens is 242 g/mol. The quantitative estimate of drug-likeness (QED) is 0.727. The van der Waals surface area contributed by atoms with Gasteiger partial charge in [-0.25, -0.2) is 5.14 Å². The molecule has 0 radical (unpaired) electrons. The molecule has 100 valence electrons. The summed E-state index contributed by atoms with van der Waals surface area (Å²) in [6.45, 7) is 5.05. The monoisotopic (exact) mass is 263 g/mol. The van der Waals surface area contributed by atoms with E-state index in [4.69, 9.17) is 5.14 Å². The Kier molecular flexibility index (Phi) is 4.91. The molecular formula is C10H21N3O3S. The Hall–Kier alpha value is -0.660. The summed E-state index contributed by atoms with van der Waals surface area (Å²) in [4.78, 5) is 11.4. The Balaban J connectivity index is 2.43. The van der Waals surface area contributed by atoms with Gasteiger partial charge in [-0.05, 0) is 18.8 Å². The molecule has 0 bridgehead atoms. The Morgan fingerprint density at radius 1 is 1.53 bits per heavy atom. The first kappa shape index (κ1) is 14.4. The lowest BCUT2D eigenvalue weighted by atomic mass is 9.99. The molecule has 3 N–H and O–H groups in total. The lowest BCUT2D eigenvalue weighted by molar-refractivity contribution is -0.124. The van der Waals surface area contributed by atoms with E-state index in [9.17, 15) is 13.2 Å². The number of hydrogen-bond donors (Lipinski definition) is 2. The molecule has 1 aliphatic heterocycles. The summed E-state index contributed by atoms with van der Waals surface area (Å²) in [5.74, 6) is 0.107. The van der Waals surface area contributed by atoms with Gasteiger partial charge >= 0.3 is 0 Å². The van der Waals surface area contributed by atoms with Crippen molar-refractivity contribution < 1.29 is 13.2 Å². The van der Waals surface area contributed by atoms with Crippen molar-refractivity contribution in [2.75, 3.05) is 19.6 Å². The van der Waals surface area contributed by atoms with E-state index in [0.29, 0.717) is 19.6 Å². The minimum absolute atomic E-state index is 0.00210. The van der Waals surface area contributed by atoms with E-state index < -0.39 is 10.2 Å². The molecule has 1 saturated heterocycles. The Morgan fingerprint density at radius 2 is 2.18 bits per heavy atom. The van der Waals surface area contributed by atoms with Crippen LogP contribution in [-0.2, 0) is 15.0 Å². The van der Waals surface area contributed by atoms with Crippen molar-refractivity contribution >= 4 is 16.1 Å². The Labute approximate surface area is 103 Å². The van der Waals surface area contributed by atoms with Gasteiger partial charge in [0.15, 0.2) is 0 Å². The van der Waals surface area contributed by atoms with Crippen molar-refractivity contribution in [1.82, 2.24) is 9.62 Å². The lowest BCUT2D eigenvalue weighted by Gasteiger charge is -2.30. The number of amides is 1. The molecule has 17 heavy (non-hydrogen) atoms. The minimum Gasteiger partial charge on any atom is -0.356 e. The molecule has 0 aromatic rings. The molecule has 1 amide bonds. The second kappa shape index (κ2) is 5.79. The molecule has 1 unspecified atom stereocenters. The van der Waals surface area contributed by atoms with E-state index >= 15 is 0 Å². The predicted octanol–water partition coefficient (Wildman–Crippen LogP) is -0.326. The predicted molar refractivity (Wildman–Crippen MR) is 65.3 cm³/mol. The number of hydrogen-bond acceptors (Lipinski definition) is 3. The van der Waals surface area contributed by atoms with E-state index in [2.05, 4.69) is 5.32 Å². The molecule has 0 aromatic carbocycles. The van der Waals surface area contributed by atoms with Gasteiger partial charge in [0, 0.05) is 25.6 Å². The first-order chi connectivity index (χ1) is 7.80. The summed E-state index contributed by atoms with van der Waals surface area (Å²) < 4.78 is 23.7. The smallest absolute Gasteiger partial charge is 0.276 e. The molecule has 0 aliphatic carbocycles. The van der Waals surface area contributed by atoms with E-state index in [-0.39, 0.29) is 17.7 Å². The number of nitrogens with one attached hydrogen (secondary N) is 1. The first-order valence-corrected chi connectivity index (χ1v) is 7.36. The molecule has 1 fully saturated rings. The number of carbonyl (C=O) groups excluding carboxylic acids is 1. The van der Waals surface area contributed by atoms with Crippen LogP contribution in [0.2, 0.25) is 0 Å². The van der Waals surface area contributed by atoms with Crippen LogP contribution in [-0.4, -0.2) is 38.3 Å². The number of carbonyl (C=O) groups is 1. The summed E-state index contributed by atoms with van der Waals surface area (Å²) in [6, 6.07) is 0. The fourth-order valence-corrected chi connectivity index (χ4v) is 2.68.